The summed E-state index contributed by atoms with van der Waals surface area (Å²) < 4.78 is 59.6. The van der Waals surface area contributed by atoms with Crippen LogP contribution < -0.4 is 14.5 Å². The van der Waals surface area contributed by atoms with Crippen LogP contribution in [0.4, 0.5) is 25.8 Å². The first-order valence-electron chi connectivity index (χ1n) is 11.3. The number of nitrogens with zero attached hydrogens (tertiary/aromatic N) is 2. The lowest BCUT2D eigenvalue weighted by molar-refractivity contribution is 0.103. The van der Waals surface area contributed by atoms with Gasteiger partial charge in [0.2, 0.25) is 0 Å². The van der Waals surface area contributed by atoms with E-state index in [1.165, 1.54) is 13.1 Å². The van der Waals surface area contributed by atoms with Gasteiger partial charge < -0.3 is 15.0 Å². The van der Waals surface area contributed by atoms with Gasteiger partial charge >= 0.3 is 0 Å². The molecule has 36 heavy (non-hydrogen) atoms. The minimum Gasteiger partial charge on any atom is -0.378 e. The molecule has 7 nitrogen and oxygen atoms in total. The van der Waals surface area contributed by atoms with E-state index in [9.17, 15) is 22.0 Å². The third-order valence-electron chi connectivity index (χ3n) is 6.24. The Morgan fingerprint density at radius 1 is 1.06 bits per heavy atom. The zero-order valence-electron chi connectivity index (χ0n) is 20.4. The number of morpholine rings is 1. The minimum absolute atomic E-state index is 0.137. The maximum absolute atomic E-state index is 13.7. The highest BCUT2D eigenvalue weighted by atomic mass is 32.2. The van der Waals surface area contributed by atoms with Gasteiger partial charge in [-0.15, -0.1) is 11.3 Å². The minimum atomic E-state index is -4.24. The smallest absolute Gasteiger partial charge is 0.267 e. The van der Waals surface area contributed by atoms with Crippen molar-refractivity contribution >= 4 is 44.3 Å². The number of aryl methyl sites for hydroxylation is 2. The van der Waals surface area contributed by atoms with E-state index in [0.29, 0.717) is 25.0 Å². The van der Waals surface area contributed by atoms with Crippen molar-refractivity contribution in [2.24, 2.45) is 0 Å². The van der Waals surface area contributed by atoms with Crippen molar-refractivity contribution < 1.29 is 26.7 Å². The molecule has 4 rings (SSSR count). The SMILES string of the molecule is Cc1cc(C)c(N2CCOCC2)c(C)c1NC(=O)c1sccc1N(C)S(=O)(=O)c1ccc(F)c(F)c1. The second kappa shape index (κ2) is 10.2. The topological polar surface area (TPSA) is 79.0 Å². The van der Waals surface area contributed by atoms with Crippen LogP contribution in [0, 0.1) is 32.4 Å². The zero-order chi connectivity index (χ0) is 26.2. The number of sulfonamides is 1. The number of carbonyl (C=O) groups is 1. The van der Waals surface area contributed by atoms with Crippen molar-refractivity contribution in [2.75, 3.05) is 47.9 Å². The Bertz CT molecular complexity index is 1420. The number of nitrogens with one attached hydrogen (secondary N) is 1. The fourth-order valence-electron chi connectivity index (χ4n) is 4.46. The summed E-state index contributed by atoms with van der Waals surface area (Å²) in [6.45, 7) is 8.66. The van der Waals surface area contributed by atoms with Crippen LogP contribution in [0.25, 0.3) is 0 Å². The van der Waals surface area contributed by atoms with Crippen molar-refractivity contribution in [2.45, 2.75) is 25.7 Å². The summed E-state index contributed by atoms with van der Waals surface area (Å²) >= 11 is 1.09. The lowest BCUT2D eigenvalue weighted by Gasteiger charge is -2.32. The summed E-state index contributed by atoms with van der Waals surface area (Å²) in [6.07, 6.45) is 0. The first-order chi connectivity index (χ1) is 17.0. The fraction of sp³-hybridized carbons (Fsp3) is 0.320. The predicted octanol–water partition coefficient (Wildman–Crippen LogP) is 4.87. The summed E-state index contributed by atoms with van der Waals surface area (Å²) in [5.74, 6) is -2.88. The summed E-state index contributed by atoms with van der Waals surface area (Å²) in [5, 5.41) is 4.58. The molecule has 0 atom stereocenters. The van der Waals surface area contributed by atoms with Gasteiger partial charge in [-0.3, -0.25) is 9.10 Å². The van der Waals surface area contributed by atoms with Crippen molar-refractivity contribution in [3.63, 3.8) is 0 Å². The monoisotopic (exact) mass is 535 g/mol. The molecule has 1 fully saturated rings. The maximum atomic E-state index is 13.7. The number of hydrogen-bond donors (Lipinski definition) is 1. The van der Waals surface area contributed by atoms with Gasteiger partial charge in [0.1, 0.15) is 4.88 Å². The quantitative estimate of drug-likeness (QED) is 0.488. The van der Waals surface area contributed by atoms with Crippen molar-refractivity contribution in [1.82, 2.24) is 0 Å². The Hall–Kier alpha value is -3.02. The molecule has 1 N–H and O–H groups in total. The normalized spacial score (nSPS) is 14.1. The number of rotatable bonds is 6. The van der Waals surface area contributed by atoms with Gasteiger partial charge in [-0.05, 0) is 67.1 Å². The van der Waals surface area contributed by atoms with Crippen LogP contribution in [0.5, 0.6) is 0 Å². The largest absolute Gasteiger partial charge is 0.378 e. The van der Waals surface area contributed by atoms with Crippen LogP contribution in [-0.2, 0) is 14.8 Å². The lowest BCUT2D eigenvalue weighted by atomic mass is 10.0. The molecule has 1 amide bonds. The number of halogens is 2. The first kappa shape index (κ1) is 26.1. The average molecular weight is 536 g/mol. The van der Waals surface area contributed by atoms with Crippen LogP contribution in [0.2, 0.25) is 0 Å². The number of amides is 1. The molecule has 0 unspecified atom stereocenters. The molecule has 1 aromatic heterocycles. The maximum Gasteiger partial charge on any atom is 0.267 e. The summed E-state index contributed by atoms with van der Waals surface area (Å²) in [7, 11) is -2.97. The molecule has 2 heterocycles. The highest BCUT2D eigenvalue weighted by Crippen LogP contribution is 2.36. The van der Waals surface area contributed by atoms with Crippen molar-refractivity contribution in [3.8, 4) is 0 Å². The molecule has 0 spiro atoms. The van der Waals surface area contributed by atoms with E-state index < -0.39 is 32.5 Å². The second-order valence-corrected chi connectivity index (χ2v) is 11.5. The van der Waals surface area contributed by atoms with E-state index in [4.69, 9.17) is 4.74 Å². The van der Waals surface area contributed by atoms with Crippen LogP contribution in [0.15, 0.2) is 40.6 Å². The van der Waals surface area contributed by atoms with Gasteiger partial charge in [0, 0.05) is 31.5 Å². The molecule has 1 aliphatic rings. The number of hydrogen-bond acceptors (Lipinski definition) is 6. The van der Waals surface area contributed by atoms with Gasteiger partial charge in [0.15, 0.2) is 11.6 Å². The number of carbonyl (C=O) groups excluding carboxylic acids is 1. The fourth-order valence-corrected chi connectivity index (χ4v) is 6.55. The Morgan fingerprint density at radius 2 is 1.75 bits per heavy atom. The molecule has 192 valence electrons. The molecule has 0 saturated carbocycles. The lowest BCUT2D eigenvalue weighted by Crippen LogP contribution is -2.37. The van der Waals surface area contributed by atoms with Gasteiger partial charge in [0.05, 0.1) is 23.8 Å². The second-order valence-electron chi connectivity index (χ2n) is 8.60. The molecular weight excluding hydrogens is 508 g/mol. The summed E-state index contributed by atoms with van der Waals surface area (Å²) in [5.41, 5.74) is 4.75. The molecule has 11 heteroatoms. The molecule has 0 aliphatic carbocycles. The molecule has 1 aliphatic heterocycles. The Kier molecular flexibility index (Phi) is 7.35. The molecular formula is C25H27F2N3O4S2. The summed E-state index contributed by atoms with van der Waals surface area (Å²) in [4.78, 5) is 15.4. The molecule has 2 aromatic carbocycles. The van der Waals surface area contributed by atoms with E-state index in [-0.39, 0.29) is 10.6 Å². The number of anilines is 3. The Labute approximate surface area is 213 Å². The number of benzene rings is 2. The van der Waals surface area contributed by atoms with Gasteiger partial charge in [-0.2, -0.15) is 0 Å². The highest BCUT2D eigenvalue weighted by Gasteiger charge is 2.28. The number of ether oxygens (including phenoxy) is 1. The summed E-state index contributed by atoms with van der Waals surface area (Å²) in [6, 6.07) is 5.89. The van der Waals surface area contributed by atoms with Gasteiger partial charge in [-0.1, -0.05) is 6.07 Å². The number of thiophene rings is 1. The molecule has 0 bridgehead atoms. The van der Waals surface area contributed by atoms with E-state index in [2.05, 4.69) is 10.2 Å². The van der Waals surface area contributed by atoms with Crippen molar-refractivity contribution in [3.05, 3.63) is 68.9 Å². The van der Waals surface area contributed by atoms with Gasteiger partial charge in [0.25, 0.3) is 15.9 Å². The van der Waals surface area contributed by atoms with E-state index in [1.54, 1.807) is 5.38 Å². The van der Waals surface area contributed by atoms with Crippen LogP contribution >= 0.6 is 11.3 Å². The molecule has 1 saturated heterocycles. The van der Waals surface area contributed by atoms with Crippen molar-refractivity contribution in [1.29, 1.82) is 0 Å². The zero-order valence-corrected chi connectivity index (χ0v) is 22.0. The van der Waals surface area contributed by atoms with Crippen LogP contribution in [0.3, 0.4) is 0 Å². The molecule has 0 radical (unpaired) electrons. The average Bonchev–Trinajstić information content (AvgIpc) is 3.33. The predicted molar refractivity (Wildman–Crippen MR) is 138 cm³/mol. The highest BCUT2D eigenvalue weighted by molar-refractivity contribution is 7.92. The third-order valence-corrected chi connectivity index (χ3v) is 8.91. The third kappa shape index (κ3) is 4.82. The first-order valence-corrected chi connectivity index (χ1v) is 13.6. The Balaban J connectivity index is 1.65. The molecule has 3 aromatic rings. The standard InChI is InChI=1S/C25H27F2N3O4S2/c1-15-13-16(2)23(30-8-10-34-11-9-30)17(3)22(15)28-25(31)24-21(7-12-35-24)29(4)36(32,33)18-5-6-19(26)20(27)14-18/h5-7,12-14H,8-11H2,1-4H3,(H,28,31). The Morgan fingerprint density at radius 3 is 2.42 bits per heavy atom. The van der Waals surface area contributed by atoms with Gasteiger partial charge in [-0.25, -0.2) is 17.2 Å². The van der Waals surface area contributed by atoms with E-state index >= 15 is 0 Å². The van der Waals surface area contributed by atoms with E-state index in [1.807, 2.05) is 26.8 Å². The van der Waals surface area contributed by atoms with Crippen LogP contribution in [0.1, 0.15) is 26.4 Å². The van der Waals surface area contributed by atoms with Crippen LogP contribution in [-0.4, -0.2) is 47.7 Å². The van der Waals surface area contributed by atoms with E-state index in [0.717, 1.165) is 63.2 Å².